The van der Waals surface area contributed by atoms with Crippen LogP contribution in [0.25, 0.3) is 0 Å². The van der Waals surface area contributed by atoms with Gasteiger partial charge in [0.2, 0.25) is 0 Å². The van der Waals surface area contributed by atoms with E-state index in [0.717, 1.165) is 37.8 Å². The first-order valence-corrected chi connectivity index (χ1v) is 9.20. The molecule has 7 heteroatoms. The fourth-order valence-electron chi connectivity index (χ4n) is 2.28. The smallest absolute Gasteiger partial charge is 0.191 e. The Hall–Kier alpha value is -1.22. The lowest BCUT2D eigenvalue weighted by molar-refractivity contribution is 0.677. The van der Waals surface area contributed by atoms with E-state index < -0.39 is 0 Å². The van der Waals surface area contributed by atoms with Gasteiger partial charge in [0.05, 0.1) is 6.54 Å². The monoisotopic (exact) mass is 459 g/mol. The molecule has 0 radical (unpaired) electrons. The first-order chi connectivity index (χ1) is 11.3. The van der Waals surface area contributed by atoms with Gasteiger partial charge in [-0.25, -0.2) is 0 Å². The third-order valence-electron chi connectivity index (χ3n) is 3.50. The molecule has 0 aliphatic carbocycles. The van der Waals surface area contributed by atoms with Gasteiger partial charge in [0.15, 0.2) is 5.96 Å². The van der Waals surface area contributed by atoms with Gasteiger partial charge in [-0.05, 0) is 35.6 Å². The summed E-state index contributed by atoms with van der Waals surface area (Å²) in [5.41, 5.74) is 2.52. The van der Waals surface area contributed by atoms with Gasteiger partial charge in [-0.2, -0.15) is 16.9 Å². The molecule has 0 aliphatic heterocycles. The number of hydrogen-bond acceptors (Lipinski definition) is 3. The van der Waals surface area contributed by atoms with Crippen LogP contribution in [0.3, 0.4) is 0 Å². The molecule has 0 fully saturated rings. The van der Waals surface area contributed by atoms with Crippen LogP contribution in [-0.4, -0.2) is 41.3 Å². The lowest BCUT2D eigenvalue weighted by atomic mass is 10.1. The molecule has 0 atom stereocenters. The largest absolute Gasteiger partial charge is 0.356 e. The van der Waals surface area contributed by atoms with Crippen LogP contribution in [0.15, 0.2) is 47.7 Å². The Bertz CT molecular complexity index is 601. The van der Waals surface area contributed by atoms with Crippen LogP contribution in [-0.2, 0) is 13.1 Å². The molecule has 0 spiro atoms. The second kappa shape index (κ2) is 12.2. The maximum Gasteiger partial charge on any atom is 0.191 e. The first kappa shape index (κ1) is 20.8. The fraction of sp³-hybridized carbons (Fsp3) is 0.412. The normalized spacial score (nSPS) is 11.0. The number of rotatable bonds is 8. The summed E-state index contributed by atoms with van der Waals surface area (Å²) in [7, 11) is 1.81. The fourth-order valence-corrected chi connectivity index (χ4v) is 2.71. The predicted molar refractivity (Wildman–Crippen MR) is 114 cm³/mol. The maximum atomic E-state index is 4.28. The van der Waals surface area contributed by atoms with Crippen molar-refractivity contribution in [3.8, 4) is 0 Å². The number of nitrogens with one attached hydrogen (secondary N) is 2. The van der Waals surface area contributed by atoms with E-state index >= 15 is 0 Å². The summed E-state index contributed by atoms with van der Waals surface area (Å²) in [5.74, 6) is 2.01. The standard InChI is InChI=1S/C17H25N5S.HI/c1-18-17(19-9-6-12-23-2)20-13-15-7-3-4-8-16(15)14-22-11-5-10-21-22;/h3-5,7-8,10-11H,6,9,12-14H2,1-2H3,(H2,18,19,20);1H. The summed E-state index contributed by atoms with van der Waals surface area (Å²) >= 11 is 1.87. The van der Waals surface area contributed by atoms with Gasteiger partial charge in [0, 0.05) is 32.5 Å². The molecule has 0 saturated heterocycles. The highest BCUT2D eigenvalue weighted by atomic mass is 127. The van der Waals surface area contributed by atoms with Crippen LogP contribution in [0.1, 0.15) is 17.5 Å². The number of guanidine groups is 1. The zero-order valence-electron chi connectivity index (χ0n) is 14.2. The topological polar surface area (TPSA) is 54.2 Å². The number of halogens is 1. The van der Waals surface area contributed by atoms with Crippen LogP contribution < -0.4 is 10.6 Å². The SMILES string of the molecule is CN=C(NCCCSC)NCc1ccccc1Cn1cccn1.I. The summed E-state index contributed by atoms with van der Waals surface area (Å²) in [4.78, 5) is 4.28. The van der Waals surface area contributed by atoms with Crippen LogP contribution in [0.2, 0.25) is 0 Å². The molecule has 2 rings (SSSR count). The van der Waals surface area contributed by atoms with Gasteiger partial charge < -0.3 is 10.6 Å². The molecule has 2 aromatic rings. The molecule has 5 nitrogen and oxygen atoms in total. The van der Waals surface area contributed by atoms with Gasteiger partial charge in [-0.3, -0.25) is 9.67 Å². The number of thioether (sulfide) groups is 1. The molecule has 0 aliphatic rings. The summed E-state index contributed by atoms with van der Waals surface area (Å²) < 4.78 is 1.94. The van der Waals surface area contributed by atoms with Crippen molar-refractivity contribution < 1.29 is 0 Å². The minimum absolute atomic E-state index is 0. The number of nitrogens with zero attached hydrogens (tertiary/aromatic N) is 3. The Balaban J connectivity index is 0.00000288. The Labute approximate surface area is 165 Å². The van der Waals surface area contributed by atoms with E-state index in [2.05, 4.69) is 51.2 Å². The molecule has 1 heterocycles. The van der Waals surface area contributed by atoms with E-state index in [0.29, 0.717) is 0 Å². The first-order valence-electron chi connectivity index (χ1n) is 7.81. The van der Waals surface area contributed by atoms with Crippen molar-refractivity contribution in [3.63, 3.8) is 0 Å². The number of aliphatic imine (C=N–C) groups is 1. The van der Waals surface area contributed by atoms with Crippen molar-refractivity contribution in [3.05, 3.63) is 53.9 Å². The zero-order chi connectivity index (χ0) is 16.3. The van der Waals surface area contributed by atoms with E-state index in [-0.39, 0.29) is 24.0 Å². The summed E-state index contributed by atoms with van der Waals surface area (Å²) in [5, 5.41) is 11.0. The molecule has 24 heavy (non-hydrogen) atoms. The highest BCUT2D eigenvalue weighted by Crippen LogP contribution is 2.10. The van der Waals surface area contributed by atoms with Gasteiger partial charge in [-0.1, -0.05) is 24.3 Å². The highest BCUT2D eigenvalue weighted by molar-refractivity contribution is 14.0. The number of aromatic nitrogens is 2. The van der Waals surface area contributed by atoms with E-state index in [4.69, 9.17) is 0 Å². The Kier molecular flexibility index (Phi) is 10.6. The maximum absolute atomic E-state index is 4.28. The highest BCUT2D eigenvalue weighted by Gasteiger charge is 2.04. The second-order valence-electron chi connectivity index (χ2n) is 5.17. The number of hydrogen-bond donors (Lipinski definition) is 2. The lowest BCUT2D eigenvalue weighted by Crippen LogP contribution is -2.37. The third-order valence-corrected chi connectivity index (χ3v) is 4.19. The summed E-state index contributed by atoms with van der Waals surface area (Å²) in [6.07, 6.45) is 7.05. The van der Waals surface area contributed by atoms with E-state index in [9.17, 15) is 0 Å². The minimum Gasteiger partial charge on any atom is -0.356 e. The van der Waals surface area contributed by atoms with E-state index in [1.165, 1.54) is 11.1 Å². The molecular formula is C17H26IN5S. The van der Waals surface area contributed by atoms with Crippen LogP contribution in [0, 0.1) is 0 Å². The van der Waals surface area contributed by atoms with Gasteiger partial charge in [0.25, 0.3) is 0 Å². The Morgan fingerprint density at radius 3 is 2.67 bits per heavy atom. The lowest BCUT2D eigenvalue weighted by Gasteiger charge is -2.14. The third kappa shape index (κ3) is 7.12. The average molecular weight is 459 g/mol. The van der Waals surface area contributed by atoms with Gasteiger partial charge in [0.1, 0.15) is 0 Å². The van der Waals surface area contributed by atoms with Gasteiger partial charge >= 0.3 is 0 Å². The molecule has 132 valence electrons. The second-order valence-corrected chi connectivity index (χ2v) is 6.16. The molecule has 0 saturated carbocycles. The Morgan fingerprint density at radius 1 is 1.21 bits per heavy atom. The van der Waals surface area contributed by atoms with Crippen LogP contribution in [0.5, 0.6) is 0 Å². The van der Waals surface area contributed by atoms with E-state index in [1.54, 1.807) is 13.2 Å². The number of benzene rings is 1. The average Bonchev–Trinajstić information content (AvgIpc) is 3.08. The molecule has 0 unspecified atom stereocenters. The predicted octanol–water partition coefficient (Wildman–Crippen LogP) is 2.97. The minimum atomic E-state index is 0. The van der Waals surface area contributed by atoms with Crippen molar-refractivity contribution in [2.75, 3.05) is 25.6 Å². The van der Waals surface area contributed by atoms with Crippen molar-refractivity contribution in [1.82, 2.24) is 20.4 Å². The van der Waals surface area contributed by atoms with Crippen LogP contribution in [0.4, 0.5) is 0 Å². The van der Waals surface area contributed by atoms with Crippen LogP contribution >= 0.6 is 35.7 Å². The quantitative estimate of drug-likeness (QED) is 0.276. The van der Waals surface area contributed by atoms with Crippen molar-refractivity contribution >= 4 is 41.7 Å². The van der Waals surface area contributed by atoms with Gasteiger partial charge in [-0.15, -0.1) is 24.0 Å². The summed E-state index contributed by atoms with van der Waals surface area (Å²) in [6, 6.07) is 10.4. The Morgan fingerprint density at radius 2 is 2.00 bits per heavy atom. The van der Waals surface area contributed by atoms with Crippen molar-refractivity contribution in [2.45, 2.75) is 19.5 Å². The molecule has 1 aromatic heterocycles. The van der Waals surface area contributed by atoms with Crippen molar-refractivity contribution in [2.24, 2.45) is 4.99 Å². The van der Waals surface area contributed by atoms with Crippen molar-refractivity contribution in [1.29, 1.82) is 0 Å². The molecule has 2 N–H and O–H groups in total. The molecule has 1 aromatic carbocycles. The summed E-state index contributed by atoms with van der Waals surface area (Å²) in [6.45, 7) is 2.47. The zero-order valence-corrected chi connectivity index (χ0v) is 17.4. The molecule has 0 bridgehead atoms. The molecular weight excluding hydrogens is 433 g/mol. The molecule has 0 amide bonds. The van der Waals surface area contributed by atoms with E-state index in [1.807, 2.05) is 28.7 Å².